The van der Waals surface area contributed by atoms with E-state index in [9.17, 15) is 4.79 Å². The molecule has 1 aliphatic rings. The number of carbonyl (C=O) groups is 1. The van der Waals surface area contributed by atoms with Gasteiger partial charge < -0.3 is 20.4 Å². The van der Waals surface area contributed by atoms with Crippen molar-refractivity contribution in [2.75, 3.05) is 44.7 Å². The predicted octanol–water partition coefficient (Wildman–Crippen LogP) is 2.40. The first-order chi connectivity index (χ1) is 13.2. The maximum absolute atomic E-state index is 11.8. The molecule has 1 aromatic heterocycles. The van der Waals surface area contributed by atoms with Crippen LogP contribution >= 0.6 is 11.3 Å². The fraction of sp³-hybridized carbons (Fsp3) is 0.400. The molecule has 0 unspecified atom stereocenters. The minimum absolute atomic E-state index is 0.0718. The molecule has 6 nitrogen and oxygen atoms in total. The van der Waals surface area contributed by atoms with E-state index < -0.39 is 0 Å². The number of piperazine rings is 1. The van der Waals surface area contributed by atoms with Gasteiger partial charge in [-0.05, 0) is 42.1 Å². The number of guanidine groups is 1. The molecule has 7 heteroatoms. The summed E-state index contributed by atoms with van der Waals surface area (Å²) in [5.74, 6) is 0.867. The number of anilines is 1. The predicted molar refractivity (Wildman–Crippen MR) is 113 cm³/mol. The molecule has 1 fully saturated rings. The first-order valence-corrected chi connectivity index (χ1v) is 10.2. The number of benzene rings is 1. The molecule has 1 amide bonds. The third-order valence-corrected chi connectivity index (χ3v) is 5.49. The molecule has 0 aliphatic carbocycles. The summed E-state index contributed by atoms with van der Waals surface area (Å²) in [6, 6.07) is 11.9. The van der Waals surface area contributed by atoms with E-state index in [0.29, 0.717) is 12.1 Å². The van der Waals surface area contributed by atoms with E-state index in [1.807, 2.05) is 24.3 Å². The molecule has 0 radical (unpaired) electrons. The Hall–Kier alpha value is -2.54. The van der Waals surface area contributed by atoms with Crippen molar-refractivity contribution < 1.29 is 4.79 Å². The zero-order valence-electron chi connectivity index (χ0n) is 15.9. The number of thiophene rings is 1. The van der Waals surface area contributed by atoms with E-state index in [1.54, 1.807) is 18.4 Å². The van der Waals surface area contributed by atoms with E-state index in [1.165, 1.54) is 5.00 Å². The van der Waals surface area contributed by atoms with Crippen LogP contribution in [0.2, 0.25) is 0 Å². The second-order valence-corrected chi connectivity index (χ2v) is 7.30. The van der Waals surface area contributed by atoms with Crippen LogP contribution in [0, 0.1) is 0 Å². The van der Waals surface area contributed by atoms with Crippen molar-refractivity contribution in [1.82, 2.24) is 15.5 Å². The molecular formula is C20H27N5OS. The van der Waals surface area contributed by atoms with Crippen LogP contribution in [0.25, 0.3) is 0 Å². The second kappa shape index (κ2) is 9.41. The monoisotopic (exact) mass is 385 g/mol. The number of amides is 1. The summed E-state index contributed by atoms with van der Waals surface area (Å²) in [7, 11) is 1.65. The molecule has 1 aliphatic heterocycles. The average Bonchev–Trinajstić information content (AvgIpc) is 3.26. The summed E-state index contributed by atoms with van der Waals surface area (Å²) < 4.78 is 0. The SMILES string of the molecule is CCNC(=NCc1cccc(C(=O)NC)c1)N1CCN(c2cccs2)CC1. The Morgan fingerprint density at radius 2 is 2.00 bits per heavy atom. The molecule has 27 heavy (non-hydrogen) atoms. The fourth-order valence-corrected chi connectivity index (χ4v) is 3.92. The summed E-state index contributed by atoms with van der Waals surface area (Å²) in [5.41, 5.74) is 1.70. The van der Waals surface area contributed by atoms with Crippen molar-refractivity contribution >= 4 is 28.2 Å². The largest absolute Gasteiger partial charge is 0.360 e. The van der Waals surface area contributed by atoms with Crippen LogP contribution < -0.4 is 15.5 Å². The summed E-state index contributed by atoms with van der Waals surface area (Å²) in [5, 5.41) is 9.52. The van der Waals surface area contributed by atoms with Crippen LogP contribution in [0.15, 0.2) is 46.8 Å². The van der Waals surface area contributed by atoms with Crippen LogP contribution in [0.3, 0.4) is 0 Å². The Balaban J connectivity index is 1.64. The quantitative estimate of drug-likeness (QED) is 0.613. The Bertz CT molecular complexity index is 766. The van der Waals surface area contributed by atoms with Gasteiger partial charge in [-0.1, -0.05) is 12.1 Å². The number of nitrogens with one attached hydrogen (secondary N) is 2. The minimum atomic E-state index is -0.0718. The Morgan fingerprint density at radius 3 is 2.67 bits per heavy atom. The third-order valence-electron chi connectivity index (χ3n) is 4.56. The molecule has 3 rings (SSSR count). The van der Waals surface area contributed by atoms with E-state index in [2.05, 4.69) is 44.9 Å². The molecule has 1 aromatic carbocycles. The third kappa shape index (κ3) is 5.01. The van der Waals surface area contributed by atoms with Gasteiger partial charge in [-0.15, -0.1) is 11.3 Å². The van der Waals surface area contributed by atoms with E-state index in [-0.39, 0.29) is 5.91 Å². The lowest BCUT2D eigenvalue weighted by Crippen LogP contribution is -2.52. The summed E-state index contributed by atoms with van der Waals surface area (Å²) >= 11 is 1.79. The first-order valence-electron chi connectivity index (χ1n) is 9.34. The van der Waals surface area contributed by atoms with Gasteiger partial charge in [-0.25, -0.2) is 4.99 Å². The number of hydrogen-bond acceptors (Lipinski definition) is 4. The van der Waals surface area contributed by atoms with Gasteiger partial charge in [-0.2, -0.15) is 0 Å². The van der Waals surface area contributed by atoms with Crippen LogP contribution in [0.4, 0.5) is 5.00 Å². The lowest BCUT2D eigenvalue weighted by molar-refractivity contribution is 0.0963. The van der Waals surface area contributed by atoms with Crippen molar-refractivity contribution in [3.05, 3.63) is 52.9 Å². The van der Waals surface area contributed by atoms with Gasteiger partial charge in [-0.3, -0.25) is 4.79 Å². The van der Waals surface area contributed by atoms with Crippen molar-refractivity contribution in [3.8, 4) is 0 Å². The van der Waals surface area contributed by atoms with Gasteiger partial charge >= 0.3 is 0 Å². The van der Waals surface area contributed by atoms with Crippen molar-refractivity contribution in [3.63, 3.8) is 0 Å². The Kier molecular flexibility index (Phi) is 6.70. The van der Waals surface area contributed by atoms with Gasteiger partial charge in [0.2, 0.25) is 0 Å². The van der Waals surface area contributed by atoms with Crippen LogP contribution in [-0.4, -0.2) is 56.5 Å². The molecule has 2 N–H and O–H groups in total. The van der Waals surface area contributed by atoms with Gasteiger partial charge in [0, 0.05) is 45.3 Å². The molecule has 2 aromatic rings. The normalized spacial score (nSPS) is 15.0. The summed E-state index contributed by atoms with van der Waals surface area (Å²) in [4.78, 5) is 21.4. The molecule has 0 saturated carbocycles. The Labute approximate surface area is 164 Å². The van der Waals surface area contributed by atoms with E-state index >= 15 is 0 Å². The summed E-state index contributed by atoms with van der Waals surface area (Å²) in [6.07, 6.45) is 0. The smallest absolute Gasteiger partial charge is 0.251 e. The van der Waals surface area contributed by atoms with Crippen LogP contribution in [-0.2, 0) is 6.54 Å². The highest BCUT2D eigenvalue weighted by atomic mass is 32.1. The highest BCUT2D eigenvalue weighted by Gasteiger charge is 2.20. The Morgan fingerprint density at radius 1 is 1.19 bits per heavy atom. The maximum atomic E-state index is 11.8. The van der Waals surface area contributed by atoms with Gasteiger partial charge in [0.1, 0.15) is 0 Å². The second-order valence-electron chi connectivity index (χ2n) is 6.38. The van der Waals surface area contributed by atoms with Gasteiger partial charge in [0.05, 0.1) is 11.5 Å². The van der Waals surface area contributed by atoms with Crippen LogP contribution in [0.5, 0.6) is 0 Å². The maximum Gasteiger partial charge on any atom is 0.251 e. The van der Waals surface area contributed by atoms with E-state index in [0.717, 1.165) is 44.2 Å². The average molecular weight is 386 g/mol. The molecule has 144 valence electrons. The van der Waals surface area contributed by atoms with Crippen molar-refractivity contribution in [2.45, 2.75) is 13.5 Å². The summed E-state index contributed by atoms with van der Waals surface area (Å²) in [6.45, 7) is 7.36. The van der Waals surface area contributed by atoms with Crippen molar-refractivity contribution in [2.24, 2.45) is 4.99 Å². The fourth-order valence-electron chi connectivity index (χ4n) is 3.14. The first kappa shape index (κ1) is 19.2. The topological polar surface area (TPSA) is 60.0 Å². The molecular weight excluding hydrogens is 358 g/mol. The highest BCUT2D eigenvalue weighted by Crippen LogP contribution is 2.22. The zero-order valence-corrected chi connectivity index (χ0v) is 16.8. The molecule has 0 atom stereocenters. The standard InChI is InChI=1S/C20H27N5OS/c1-3-22-20(23-15-16-6-4-7-17(14-16)19(26)21-2)25-11-9-24(10-12-25)18-8-5-13-27-18/h4-8,13-14H,3,9-12,15H2,1-2H3,(H,21,26)(H,22,23). The lowest BCUT2D eigenvalue weighted by Gasteiger charge is -2.37. The van der Waals surface area contributed by atoms with Crippen molar-refractivity contribution in [1.29, 1.82) is 0 Å². The van der Waals surface area contributed by atoms with E-state index in [4.69, 9.17) is 4.99 Å². The zero-order chi connectivity index (χ0) is 19.1. The molecule has 2 heterocycles. The van der Waals surface area contributed by atoms with Gasteiger partial charge in [0.25, 0.3) is 5.91 Å². The molecule has 1 saturated heterocycles. The number of hydrogen-bond donors (Lipinski definition) is 2. The molecule has 0 spiro atoms. The number of nitrogens with zero attached hydrogens (tertiary/aromatic N) is 3. The molecule has 0 bridgehead atoms. The number of rotatable bonds is 5. The lowest BCUT2D eigenvalue weighted by atomic mass is 10.1. The van der Waals surface area contributed by atoms with Crippen LogP contribution in [0.1, 0.15) is 22.8 Å². The highest BCUT2D eigenvalue weighted by molar-refractivity contribution is 7.14. The number of carbonyl (C=O) groups excluding carboxylic acids is 1. The minimum Gasteiger partial charge on any atom is -0.360 e. The number of aliphatic imine (C=N–C) groups is 1. The van der Waals surface area contributed by atoms with Gasteiger partial charge in [0.15, 0.2) is 5.96 Å².